The molecule has 0 amide bonds. The van der Waals surface area contributed by atoms with Crippen LogP contribution in [0.1, 0.15) is 32.6 Å². The normalized spacial score (nSPS) is 11.2. The van der Waals surface area contributed by atoms with E-state index in [9.17, 15) is 4.79 Å². The molecule has 22 heavy (non-hydrogen) atoms. The maximum atomic E-state index is 12.1. The highest BCUT2D eigenvalue weighted by Crippen LogP contribution is 2.18. The zero-order valence-corrected chi connectivity index (χ0v) is 13.2. The number of nitrogen functional groups attached to an aromatic ring is 1. The molecule has 0 aromatic carbocycles. The Kier molecular flexibility index (Phi) is 5.76. The Bertz CT molecular complexity index is 663. The molecule has 0 unspecified atom stereocenters. The highest BCUT2D eigenvalue weighted by atomic mass is 16.5. The second-order valence-corrected chi connectivity index (χ2v) is 5.18. The number of aromatic amines is 1. The van der Waals surface area contributed by atoms with Gasteiger partial charge in [-0.1, -0.05) is 13.3 Å². The van der Waals surface area contributed by atoms with Gasteiger partial charge in [-0.05, 0) is 32.9 Å². The van der Waals surface area contributed by atoms with Gasteiger partial charge in [-0.3, -0.25) is 4.57 Å². The first kappa shape index (κ1) is 16.3. The summed E-state index contributed by atoms with van der Waals surface area (Å²) in [5.41, 5.74) is 6.66. The third-order valence-electron chi connectivity index (χ3n) is 3.42. The molecule has 4 N–H and O–H groups in total. The Morgan fingerprint density at radius 1 is 1.32 bits per heavy atom. The minimum atomic E-state index is -0.217. The largest absolute Gasteiger partial charge is 0.463 e. The third-order valence-corrected chi connectivity index (χ3v) is 3.42. The number of aromatic nitrogens is 4. The second kappa shape index (κ2) is 7.79. The van der Waals surface area contributed by atoms with Crippen LogP contribution in [-0.2, 0) is 6.54 Å². The third kappa shape index (κ3) is 3.76. The van der Waals surface area contributed by atoms with Gasteiger partial charge in [-0.15, -0.1) is 0 Å². The van der Waals surface area contributed by atoms with Gasteiger partial charge in [0.25, 0.3) is 0 Å². The van der Waals surface area contributed by atoms with E-state index in [1.807, 2.05) is 7.05 Å². The van der Waals surface area contributed by atoms with Crippen LogP contribution >= 0.6 is 0 Å². The quantitative estimate of drug-likeness (QED) is 0.593. The molecule has 0 aliphatic rings. The van der Waals surface area contributed by atoms with Gasteiger partial charge in [0.15, 0.2) is 11.5 Å². The van der Waals surface area contributed by atoms with Gasteiger partial charge in [0, 0.05) is 6.54 Å². The lowest BCUT2D eigenvalue weighted by atomic mass is 10.3. The van der Waals surface area contributed by atoms with Crippen LogP contribution in [0.2, 0.25) is 0 Å². The van der Waals surface area contributed by atoms with E-state index in [0.717, 1.165) is 32.2 Å². The molecule has 0 saturated heterocycles. The number of anilines is 1. The van der Waals surface area contributed by atoms with Crippen molar-refractivity contribution in [2.45, 2.75) is 39.2 Å². The number of hydrogen-bond donors (Lipinski definition) is 3. The molecule has 0 aliphatic heterocycles. The fraction of sp³-hybridized carbons (Fsp3) is 0.643. The number of hydrogen-bond acceptors (Lipinski definition) is 6. The van der Waals surface area contributed by atoms with Crippen molar-refractivity contribution in [3.8, 4) is 6.01 Å². The lowest BCUT2D eigenvalue weighted by Gasteiger charge is -2.06. The van der Waals surface area contributed by atoms with Gasteiger partial charge in [0.2, 0.25) is 0 Å². The average molecular weight is 308 g/mol. The Balaban J connectivity index is 2.23. The topological polar surface area (TPSA) is 111 Å². The zero-order valence-electron chi connectivity index (χ0n) is 13.2. The summed E-state index contributed by atoms with van der Waals surface area (Å²) in [6.07, 6.45) is 3.81. The molecule has 122 valence electrons. The number of nitrogens with zero attached hydrogens (tertiary/aromatic N) is 3. The summed E-state index contributed by atoms with van der Waals surface area (Å²) >= 11 is 0. The fourth-order valence-electron chi connectivity index (χ4n) is 2.18. The van der Waals surface area contributed by atoms with Crippen molar-refractivity contribution < 1.29 is 4.74 Å². The molecule has 0 atom stereocenters. The Morgan fingerprint density at radius 3 is 2.86 bits per heavy atom. The van der Waals surface area contributed by atoms with E-state index in [-0.39, 0.29) is 17.5 Å². The SMILES string of the molecule is CCCCOc1nc(N)c2[nH]c(=O)n(CCCCNC)c2n1. The van der Waals surface area contributed by atoms with Gasteiger partial charge in [0.1, 0.15) is 5.52 Å². The monoisotopic (exact) mass is 308 g/mol. The van der Waals surface area contributed by atoms with Crippen LogP contribution in [0.25, 0.3) is 11.2 Å². The molecule has 0 fully saturated rings. The van der Waals surface area contributed by atoms with Gasteiger partial charge < -0.3 is 20.8 Å². The molecule has 0 radical (unpaired) electrons. The molecule has 2 aromatic heterocycles. The van der Waals surface area contributed by atoms with Gasteiger partial charge in [0.05, 0.1) is 6.61 Å². The van der Waals surface area contributed by atoms with E-state index in [4.69, 9.17) is 10.5 Å². The number of H-pyrrole nitrogens is 1. The lowest BCUT2D eigenvalue weighted by Crippen LogP contribution is -2.18. The molecular weight excluding hydrogens is 284 g/mol. The predicted molar refractivity (Wildman–Crippen MR) is 86.1 cm³/mol. The summed E-state index contributed by atoms with van der Waals surface area (Å²) in [5.74, 6) is 0.238. The number of aryl methyl sites for hydroxylation is 1. The number of nitrogens with two attached hydrogens (primary N) is 1. The molecule has 0 saturated carbocycles. The van der Waals surface area contributed by atoms with Gasteiger partial charge in [-0.2, -0.15) is 9.97 Å². The van der Waals surface area contributed by atoms with Crippen LogP contribution in [-0.4, -0.2) is 39.7 Å². The van der Waals surface area contributed by atoms with Crippen LogP contribution in [0.4, 0.5) is 5.82 Å². The molecule has 2 heterocycles. The molecule has 2 rings (SSSR count). The second-order valence-electron chi connectivity index (χ2n) is 5.18. The number of unbranched alkanes of at least 4 members (excludes halogenated alkanes) is 2. The van der Waals surface area contributed by atoms with E-state index < -0.39 is 0 Å². The maximum absolute atomic E-state index is 12.1. The summed E-state index contributed by atoms with van der Waals surface area (Å²) < 4.78 is 7.09. The van der Waals surface area contributed by atoms with Crippen LogP contribution in [0.15, 0.2) is 4.79 Å². The maximum Gasteiger partial charge on any atom is 0.327 e. The summed E-state index contributed by atoms with van der Waals surface area (Å²) in [6.45, 7) is 4.12. The van der Waals surface area contributed by atoms with Crippen LogP contribution in [0.3, 0.4) is 0 Å². The number of ether oxygens (including phenoxy) is 1. The minimum Gasteiger partial charge on any atom is -0.463 e. The van der Waals surface area contributed by atoms with Gasteiger partial charge in [-0.25, -0.2) is 4.79 Å². The van der Waals surface area contributed by atoms with Crippen molar-refractivity contribution in [2.24, 2.45) is 0 Å². The van der Waals surface area contributed by atoms with Crippen molar-refractivity contribution in [1.82, 2.24) is 24.8 Å². The van der Waals surface area contributed by atoms with Crippen molar-refractivity contribution in [3.05, 3.63) is 10.5 Å². The van der Waals surface area contributed by atoms with E-state index in [2.05, 4.69) is 27.2 Å². The minimum absolute atomic E-state index is 0.217. The molecule has 8 nitrogen and oxygen atoms in total. The molecule has 0 spiro atoms. The first-order valence-electron chi connectivity index (χ1n) is 7.70. The van der Waals surface area contributed by atoms with Crippen molar-refractivity contribution >= 4 is 17.0 Å². The number of fused-ring (bicyclic) bond motifs is 1. The lowest BCUT2D eigenvalue weighted by molar-refractivity contribution is 0.286. The number of rotatable bonds is 9. The summed E-state index contributed by atoms with van der Waals surface area (Å²) in [6, 6.07) is 0.224. The molecule has 0 aliphatic carbocycles. The van der Waals surface area contributed by atoms with Crippen LogP contribution in [0, 0.1) is 0 Å². The summed E-state index contributed by atoms with van der Waals surface area (Å²) in [7, 11) is 1.91. The number of imidazole rings is 1. The first-order chi connectivity index (χ1) is 10.7. The zero-order chi connectivity index (χ0) is 15.9. The van der Waals surface area contributed by atoms with Gasteiger partial charge >= 0.3 is 11.7 Å². The smallest absolute Gasteiger partial charge is 0.327 e. The Morgan fingerprint density at radius 2 is 2.14 bits per heavy atom. The Labute approximate surface area is 129 Å². The predicted octanol–water partition coefficient (Wildman–Crippen LogP) is 0.880. The summed E-state index contributed by atoms with van der Waals surface area (Å²) in [5, 5.41) is 3.09. The molecular formula is C14H24N6O2. The van der Waals surface area contributed by atoms with Crippen molar-refractivity contribution in [1.29, 1.82) is 0 Å². The standard InChI is InChI=1S/C14H24N6O2/c1-3-4-9-22-13-18-11(15)10-12(19-13)20(14(21)17-10)8-6-5-7-16-2/h16H,3-9H2,1-2H3,(H,17,21)(H2,15,18,19). The van der Waals surface area contributed by atoms with Crippen LogP contribution < -0.4 is 21.5 Å². The Hall–Kier alpha value is -2.09. The van der Waals surface area contributed by atoms with E-state index >= 15 is 0 Å². The van der Waals surface area contributed by atoms with Crippen LogP contribution in [0.5, 0.6) is 6.01 Å². The van der Waals surface area contributed by atoms with Crippen molar-refractivity contribution in [3.63, 3.8) is 0 Å². The van der Waals surface area contributed by atoms with E-state index in [1.165, 1.54) is 0 Å². The first-order valence-corrected chi connectivity index (χ1v) is 7.70. The summed E-state index contributed by atoms with van der Waals surface area (Å²) in [4.78, 5) is 23.2. The van der Waals surface area contributed by atoms with E-state index in [1.54, 1.807) is 4.57 Å². The molecule has 8 heteroatoms. The average Bonchev–Trinajstić information content (AvgIpc) is 2.81. The fourth-order valence-corrected chi connectivity index (χ4v) is 2.18. The highest BCUT2D eigenvalue weighted by molar-refractivity contribution is 5.81. The molecule has 0 bridgehead atoms. The molecule has 2 aromatic rings. The van der Waals surface area contributed by atoms with Crippen molar-refractivity contribution in [2.75, 3.05) is 25.9 Å². The number of nitrogens with one attached hydrogen (secondary N) is 2. The van der Waals surface area contributed by atoms with E-state index in [0.29, 0.717) is 24.3 Å². The highest BCUT2D eigenvalue weighted by Gasteiger charge is 2.14.